The number of benzene rings is 1. The van der Waals surface area contributed by atoms with E-state index in [-0.39, 0.29) is 12.5 Å². The van der Waals surface area contributed by atoms with Crippen molar-refractivity contribution in [3.8, 4) is 16.0 Å². The van der Waals surface area contributed by atoms with Crippen LogP contribution in [-0.2, 0) is 4.74 Å². The molecular formula is C23H17N3O3S3. The largest absolute Gasteiger partial charge is 0.462 e. The summed E-state index contributed by atoms with van der Waals surface area (Å²) >= 11 is 3.57. The number of ether oxygens (including phenoxy) is 1. The van der Waals surface area contributed by atoms with Gasteiger partial charge in [-0.15, -0.1) is 22.7 Å². The Bertz CT molecular complexity index is 1350. The van der Waals surface area contributed by atoms with Crippen molar-refractivity contribution in [3.05, 3.63) is 63.8 Å². The first-order valence-electron chi connectivity index (χ1n) is 9.65. The maximum atomic E-state index is 13.4. The Labute approximate surface area is 196 Å². The number of aromatic nitrogens is 1. The Morgan fingerprint density at radius 2 is 2.06 bits per heavy atom. The Morgan fingerprint density at radius 3 is 2.78 bits per heavy atom. The van der Waals surface area contributed by atoms with E-state index >= 15 is 0 Å². The molecule has 4 aromatic rings. The van der Waals surface area contributed by atoms with E-state index in [1.165, 1.54) is 0 Å². The number of nitrogens with zero attached hydrogens (tertiary/aromatic N) is 2. The van der Waals surface area contributed by atoms with Crippen LogP contribution in [0.15, 0.2) is 52.7 Å². The fourth-order valence-corrected chi connectivity index (χ4v) is 5.71. The summed E-state index contributed by atoms with van der Waals surface area (Å²) in [4.78, 5) is 32.3. The molecule has 6 nitrogen and oxygen atoms in total. The molecule has 0 aliphatic rings. The van der Waals surface area contributed by atoms with Crippen molar-refractivity contribution in [2.45, 2.75) is 18.7 Å². The monoisotopic (exact) mass is 479 g/mol. The molecule has 0 atom stereocenters. The third-order valence-corrected chi connectivity index (χ3v) is 7.68. The molecule has 4 rings (SSSR count). The number of carbonyl (C=O) groups excluding carboxylic acids is 2. The molecule has 3 heterocycles. The highest BCUT2D eigenvalue weighted by Gasteiger charge is 2.24. The van der Waals surface area contributed by atoms with Crippen LogP contribution >= 0.6 is 34.4 Å². The molecule has 0 fully saturated rings. The molecule has 3 aromatic heterocycles. The van der Waals surface area contributed by atoms with E-state index in [0.29, 0.717) is 37.1 Å². The number of carbonyl (C=O) groups is 2. The third kappa shape index (κ3) is 4.25. The maximum absolute atomic E-state index is 13.4. The molecule has 0 aliphatic heterocycles. The maximum Gasteiger partial charge on any atom is 0.348 e. The number of para-hydroxylation sites is 1. The lowest BCUT2D eigenvalue weighted by atomic mass is 10.1. The summed E-state index contributed by atoms with van der Waals surface area (Å²) in [6.45, 7) is 3.72. The number of hydrogen-bond acceptors (Lipinski definition) is 8. The number of anilines is 1. The first kappa shape index (κ1) is 22.0. The lowest BCUT2D eigenvalue weighted by molar-refractivity contribution is 0.0531. The molecule has 0 saturated carbocycles. The molecular weight excluding hydrogens is 462 g/mol. The smallest absolute Gasteiger partial charge is 0.348 e. The number of nitrogens with one attached hydrogen (secondary N) is 1. The predicted molar refractivity (Wildman–Crippen MR) is 129 cm³/mol. The van der Waals surface area contributed by atoms with Gasteiger partial charge in [-0.1, -0.05) is 24.3 Å². The molecule has 9 heteroatoms. The van der Waals surface area contributed by atoms with Crippen LogP contribution in [0.3, 0.4) is 0 Å². The normalized spacial score (nSPS) is 10.7. The number of thiocyanates is 1. The van der Waals surface area contributed by atoms with Crippen LogP contribution in [-0.4, -0.2) is 23.5 Å². The van der Waals surface area contributed by atoms with Gasteiger partial charge in [-0.3, -0.25) is 4.79 Å². The van der Waals surface area contributed by atoms with Gasteiger partial charge < -0.3 is 10.1 Å². The average molecular weight is 480 g/mol. The van der Waals surface area contributed by atoms with Gasteiger partial charge >= 0.3 is 5.97 Å². The highest BCUT2D eigenvalue weighted by atomic mass is 32.2. The van der Waals surface area contributed by atoms with Gasteiger partial charge in [-0.25, -0.2) is 9.78 Å². The lowest BCUT2D eigenvalue weighted by Gasteiger charge is -2.10. The van der Waals surface area contributed by atoms with E-state index in [2.05, 4.69) is 5.32 Å². The standard InChI is InChI=1S/C23H17N3O3S3/c1-3-29-23(28)20-13(2)19(31-12-24)22(32-20)26-21(27)15-11-17(18-9-6-10-30-18)25-16-8-5-4-7-14(15)16/h4-11H,3H2,1-2H3,(H,26,27). The second kappa shape index (κ2) is 9.53. The zero-order valence-electron chi connectivity index (χ0n) is 17.2. The molecule has 1 N–H and O–H groups in total. The van der Waals surface area contributed by atoms with Gasteiger partial charge in [0.05, 0.1) is 33.2 Å². The van der Waals surface area contributed by atoms with Gasteiger partial charge in [0.2, 0.25) is 0 Å². The van der Waals surface area contributed by atoms with Gasteiger partial charge in [0.25, 0.3) is 5.91 Å². The SMILES string of the molecule is CCOC(=O)c1sc(NC(=O)c2cc(-c3cccs3)nc3ccccc23)c(SC#N)c1C. The highest BCUT2D eigenvalue weighted by molar-refractivity contribution is 8.04. The van der Waals surface area contributed by atoms with Crippen LogP contribution in [0, 0.1) is 17.6 Å². The second-order valence-corrected chi connectivity index (χ2v) is 9.40. The molecule has 1 aromatic carbocycles. The zero-order chi connectivity index (χ0) is 22.7. The van der Waals surface area contributed by atoms with Crippen molar-refractivity contribution in [2.24, 2.45) is 0 Å². The second-order valence-electron chi connectivity index (χ2n) is 6.63. The van der Waals surface area contributed by atoms with Crippen LogP contribution in [0.25, 0.3) is 21.5 Å². The summed E-state index contributed by atoms with van der Waals surface area (Å²) in [5.74, 6) is -0.803. The van der Waals surface area contributed by atoms with Gasteiger partial charge in [-0.05, 0) is 54.8 Å². The molecule has 0 unspecified atom stereocenters. The summed E-state index contributed by atoms with van der Waals surface area (Å²) in [5.41, 5.74) is 2.51. The summed E-state index contributed by atoms with van der Waals surface area (Å²) in [6.07, 6.45) is 0. The fourth-order valence-electron chi connectivity index (χ4n) is 3.22. The summed E-state index contributed by atoms with van der Waals surface area (Å²) in [5, 5.41) is 17.3. The first-order chi connectivity index (χ1) is 15.5. The van der Waals surface area contributed by atoms with E-state index in [0.717, 1.165) is 33.4 Å². The Balaban J connectivity index is 1.77. The summed E-state index contributed by atoms with van der Waals surface area (Å²) < 4.78 is 5.12. The van der Waals surface area contributed by atoms with Gasteiger partial charge in [0.15, 0.2) is 0 Å². The summed E-state index contributed by atoms with van der Waals surface area (Å²) in [7, 11) is 0. The van der Waals surface area contributed by atoms with Crippen LogP contribution in [0.1, 0.15) is 32.5 Å². The van der Waals surface area contributed by atoms with E-state index in [1.54, 1.807) is 31.3 Å². The minimum Gasteiger partial charge on any atom is -0.462 e. The van der Waals surface area contributed by atoms with Crippen molar-refractivity contribution >= 4 is 62.2 Å². The van der Waals surface area contributed by atoms with Crippen LogP contribution < -0.4 is 5.32 Å². The van der Waals surface area contributed by atoms with Crippen molar-refractivity contribution < 1.29 is 14.3 Å². The van der Waals surface area contributed by atoms with E-state index in [4.69, 9.17) is 9.72 Å². The Hall–Kier alpha value is -3.19. The number of thioether (sulfide) groups is 1. The molecule has 160 valence electrons. The summed E-state index contributed by atoms with van der Waals surface area (Å²) in [6, 6.07) is 13.1. The molecule has 1 amide bonds. The number of thiophene rings is 2. The first-order valence-corrected chi connectivity index (χ1v) is 12.2. The van der Waals surface area contributed by atoms with Crippen molar-refractivity contribution in [2.75, 3.05) is 11.9 Å². The van der Waals surface area contributed by atoms with Crippen molar-refractivity contribution in [1.82, 2.24) is 4.98 Å². The molecule has 0 spiro atoms. The predicted octanol–water partition coefficient (Wildman–Crippen LogP) is 6.34. The van der Waals surface area contributed by atoms with Gasteiger partial charge in [-0.2, -0.15) is 5.26 Å². The molecule has 0 aliphatic carbocycles. The van der Waals surface area contributed by atoms with E-state index in [1.807, 2.05) is 47.2 Å². The zero-order valence-corrected chi connectivity index (χ0v) is 19.6. The van der Waals surface area contributed by atoms with Gasteiger partial charge in [0, 0.05) is 5.39 Å². The van der Waals surface area contributed by atoms with E-state index in [9.17, 15) is 14.9 Å². The molecule has 0 bridgehead atoms. The number of pyridine rings is 1. The highest BCUT2D eigenvalue weighted by Crippen LogP contribution is 2.40. The Kier molecular flexibility index (Phi) is 6.55. The lowest BCUT2D eigenvalue weighted by Crippen LogP contribution is -2.12. The van der Waals surface area contributed by atoms with Crippen molar-refractivity contribution in [3.63, 3.8) is 0 Å². The van der Waals surface area contributed by atoms with Crippen molar-refractivity contribution in [1.29, 1.82) is 5.26 Å². The minimum atomic E-state index is -0.468. The third-order valence-electron chi connectivity index (χ3n) is 4.66. The number of rotatable bonds is 6. The quantitative estimate of drug-likeness (QED) is 0.197. The number of fused-ring (bicyclic) bond motifs is 1. The van der Waals surface area contributed by atoms with E-state index < -0.39 is 5.97 Å². The Morgan fingerprint density at radius 1 is 1.25 bits per heavy atom. The number of nitriles is 1. The molecule has 0 saturated heterocycles. The minimum absolute atomic E-state index is 0.243. The van der Waals surface area contributed by atoms with Crippen LogP contribution in [0.5, 0.6) is 0 Å². The van der Waals surface area contributed by atoms with Crippen LogP contribution in [0.4, 0.5) is 5.00 Å². The van der Waals surface area contributed by atoms with Gasteiger partial charge in [0.1, 0.15) is 15.3 Å². The van der Waals surface area contributed by atoms with Crippen LogP contribution in [0.2, 0.25) is 0 Å². The fraction of sp³-hybridized carbons (Fsp3) is 0.130. The number of hydrogen-bond donors (Lipinski definition) is 1. The molecule has 0 radical (unpaired) electrons. The topological polar surface area (TPSA) is 92.1 Å². The molecule has 32 heavy (non-hydrogen) atoms. The number of amides is 1. The number of esters is 1. The average Bonchev–Trinajstić information content (AvgIpc) is 3.43.